The quantitative estimate of drug-likeness (QED) is 0.833. The van der Waals surface area contributed by atoms with Crippen molar-refractivity contribution in [3.05, 3.63) is 35.3 Å². The molecule has 1 aliphatic rings. The van der Waals surface area contributed by atoms with Crippen LogP contribution in [0.1, 0.15) is 16.1 Å². The third-order valence-electron chi connectivity index (χ3n) is 4.57. The van der Waals surface area contributed by atoms with E-state index in [-0.39, 0.29) is 19.1 Å². The largest absolute Gasteiger partial charge is 0.497 e. The number of amides is 1. The molecule has 0 bridgehead atoms. The van der Waals surface area contributed by atoms with Crippen molar-refractivity contribution in [2.24, 2.45) is 5.41 Å². The first-order valence-electron chi connectivity index (χ1n) is 8.11. The van der Waals surface area contributed by atoms with Crippen molar-refractivity contribution in [2.45, 2.75) is 6.42 Å². The molecule has 1 fully saturated rings. The summed E-state index contributed by atoms with van der Waals surface area (Å²) in [6, 6.07) is 7.45. The van der Waals surface area contributed by atoms with Gasteiger partial charge >= 0.3 is 5.97 Å². The highest BCUT2D eigenvalue weighted by molar-refractivity contribution is 7.16. The van der Waals surface area contributed by atoms with E-state index in [1.807, 2.05) is 24.3 Å². The second kappa shape index (κ2) is 7.43. The molecule has 2 aromatic rings. The van der Waals surface area contributed by atoms with Gasteiger partial charge in [-0.15, -0.1) is 11.3 Å². The number of carbonyl (C=O) groups excluding carboxylic acids is 1. The van der Waals surface area contributed by atoms with Gasteiger partial charge in [0.1, 0.15) is 21.0 Å². The molecule has 0 radical (unpaired) electrons. The molecule has 1 aliphatic heterocycles. The van der Waals surface area contributed by atoms with Gasteiger partial charge in [-0.3, -0.25) is 9.59 Å². The zero-order valence-electron chi connectivity index (χ0n) is 14.6. The molecule has 3 rings (SSSR count). The fourth-order valence-corrected chi connectivity index (χ4v) is 3.96. The molecular formula is C18H20N2O5S. The Labute approximate surface area is 155 Å². The Morgan fingerprint density at radius 3 is 2.65 bits per heavy atom. The van der Waals surface area contributed by atoms with Crippen molar-refractivity contribution in [1.82, 2.24) is 9.88 Å². The lowest BCUT2D eigenvalue weighted by molar-refractivity contribution is -0.151. The number of carbonyl (C=O) groups is 2. The van der Waals surface area contributed by atoms with Crippen LogP contribution in [0.25, 0.3) is 10.6 Å². The third-order valence-corrected chi connectivity index (χ3v) is 5.60. The normalized spacial score (nSPS) is 19.5. The number of hydrogen-bond donors (Lipinski definition) is 1. The molecule has 1 unspecified atom stereocenters. The molecule has 1 amide bonds. The lowest BCUT2D eigenvalue weighted by Gasteiger charge is -2.23. The first-order valence-corrected chi connectivity index (χ1v) is 8.92. The summed E-state index contributed by atoms with van der Waals surface area (Å²) >= 11 is 1.29. The van der Waals surface area contributed by atoms with Gasteiger partial charge < -0.3 is 19.5 Å². The maximum Gasteiger partial charge on any atom is 0.313 e. The number of likely N-dealkylation sites (tertiary alicyclic amines) is 1. The monoisotopic (exact) mass is 376 g/mol. The molecule has 1 N–H and O–H groups in total. The third kappa shape index (κ3) is 3.42. The van der Waals surface area contributed by atoms with Gasteiger partial charge in [-0.25, -0.2) is 4.98 Å². The first-order chi connectivity index (χ1) is 12.5. The van der Waals surface area contributed by atoms with Crippen molar-refractivity contribution in [2.75, 3.05) is 33.9 Å². The molecule has 1 aromatic carbocycles. The van der Waals surface area contributed by atoms with Gasteiger partial charge in [0.05, 0.1) is 19.9 Å². The van der Waals surface area contributed by atoms with Crippen LogP contribution in [0.3, 0.4) is 0 Å². The maximum atomic E-state index is 12.7. The van der Waals surface area contributed by atoms with E-state index in [9.17, 15) is 14.7 Å². The van der Waals surface area contributed by atoms with Gasteiger partial charge in [0.2, 0.25) is 0 Å². The summed E-state index contributed by atoms with van der Waals surface area (Å²) in [7, 11) is 3.07. The van der Waals surface area contributed by atoms with Crippen LogP contribution in [0, 0.1) is 5.41 Å². The van der Waals surface area contributed by atoms with Crippen LogP contribution in [-0.2, 0) is 9.53 Å². The molecule has 0 aliphatic carbocycles. The Kier molecular flexibility index (Phi) is 5.24. The highest BCUT2D eigenvalue weighted by Gasteiger charge is 2.46. The van der Waals surface area contributed by atoms with Crippen LogP contribution in [0.15, 0.2) is 30.5 Å². The van der Waals surface area contributed by atoms with Gasteiger partial charge in [0, 0.05) is 25.8 Å². The number of aromatic nitrogens is 1. The Morgan fingerprint density at radius 2 is 2.04 bits per heavy atom. The lowest BCUT2D eigenvalue weighted by Crippen LogP contribution is -2.40. The minimum atomic E-state index is -1.03. The van der Waals surface area contributed by atoms with Crippen LogP contribution < -0.4 is 4.74 Å². The topological polar surface area (TPSA) is 89.0 Å². The Bertz CT molecular complexity index is 804. The van der Waals surface area contributed by atoms with Crippen molar-refractivity contribution in [3.63, 3.8) is 0 Å². The fourth-order valence-electron chi connectivity index (χ4n) is 3.07. The number of thiazole rings is 1. The molecule has 0 saturated carbocycles. The number of aliphatic carboxylic acids is 1. The minimum absolute atomic E-state index is 0.0892. The second-order valence-corrected chi connectivity index (χ2v) is 7.28. The van der Waals surface area contributed by atoms with E-state index in [2.05, 4.69) is 4.98 Å². The SMILES string of the molecule is COCC1(C(=O)O)CCN(C(=O)c2cnc(-c3ccc(OC)cc3)s2)C1. The summed E-state index contributed by atoms with van der Waals surface area (Å²) in [5, 5.41) is 10.3. The number of nitrogens with zero attached hydrogens (tertiary/aromatic N) is 2. The average molecular weight is 376 g/mol. The molecule has 1 aromatic heterocycles. The number of carboxylic acid groups (broad SMARTS) is 1. The molecule has 8 heteroatoms. The van der Waals surface area contributed by atoms with Crippen LogP contribution in [0.5, 0.6) is 5.75 Å². The van der Waals surface area contributed by atoms with Gasteiger partial charge in [-0.1, -0.05) is 0 Å². The highest BCUT2D eigenvalue weighted by Crippen LogP contribution is 2.34. The number of benzene rings is 1. The van der Waals surface area contributed by atoms with Crippen molar-refractivity contribution < 1.29 is 24.2 Å². The smallest absolute Gasteiger partial charge is 0.313 e. The highest BCUT2D eigenvalue weighted by atomic mass is 32.1. The van der Waals surface area contributed by atoms with E-state index >= 15 is 0 Å². The van der Waals surface area contributed by atoms with E-state index in [1.165, 1.54) is 18.4 Å². The van der Waals surface area contributed by atoms with Gasteiger partial charge in [0.25, 0.3) is 5.91 Å². The summed E-state index contributed by atoms with van der Waals surface area (Å²) < 4.78 is 10.2. The molecule has 26 heavy (non-hydrogen) atoms. The maximum absolute atomic E-state index is 12.7. The molecule has 1 atom stereocenters. The number of hydrogen-bond acceptors (Lipinski definition) is 6. The van der Waals surface area contributed by atoms with E-state index in [4.69, 9.17) is 9.47 Å². The molecule has 0 spiro atoms. The molecule has 138 valence electrons. The van der Waals surface area contributed by atoms with Crippen molar-refractivity contribution in [1.29, 1.82) is 0 Å². The van der Waals surface area contributed by atoms with Gasteiger partial charge in [-0.2, -0.15) is 0 Å². The van der Waals surface area contributed by atoms with Crippen LogP contribution in [-0.4, -0.2) is 60.8 Å². The zero-order chi connectivity index (χ0) is 18.7. The first kappa shape index (κ1) is 18.3. The van der Waals surface area contributed by atoms with Crippen LogP contribution in [0.2, 0.25) is 0 Å². The molecule has 7 nitrogen and oxygen atoms in total. The van der Waals surface area contributed by atoms with Crippen molar-refractivity contribution >= 4 is 23.2 Å². The average Bonchev–Trinajstić information content (AvgIpc) is 3.30. The number of ether oxygens (including phenoxy) is 2. The predicted molar refractivity (Wildman–Crippen MR) is 96.6 cm³/mol. The lowest BCUT2D eigenvalue weighted by atomic mass is 9.88. The number of methoxy groups -OCH3 is 2. The summed E-state index contributed by atoms with van der Waals surface area (Å²) in [6.45, 7) is 0.626. The van der Waals surface area contributed by atoms with E-state index < -0.39 is 11.4 Å². The standard InChI is InChI=1S/C18H20N2O5S/c1-24-11-18(17(22)23)7-8-20(10-18)16(21)14-9-19-15(26-14)12-3-5-13(25-2)6-4-12/h3-6,9H,7-8,10-11H2,1-2H3,(H,22,23). The van der Waals surface area contributed by atoms with Crippen LogP contribution in [0.4, 0.5) is 0 Å². The summed E-state index contributed by atoms with van der Waals surface area (Å²) in [6.07, 6.45) is 1.93. The van der Waals surface area contributed by atoms with Gasteiger partial charge in [0.15, 0.2) is 0 Å². The minimum Gasteiger partial charge on any atom is -0.497 e. The number of carboxylic acids is 1. The molecule has 2 heterocycles. The zero-order valence-corrected chi connectivity index (χ0v) is 15.4. The van der Waals surface area contributed by atoms with Gasteiger partial charge in [-0.05, 0) is 30.7 Å². The summed E-state index contributed by atoms with van der Waals surface area (Å²) in [5.41, 5.74) is -0.135. The summed E-state index contributed by atoms with van der Waals surface area (Å²) in [4.78, 5) is 30.8. The van der Waals surface area contributed by atoms with Crippen molar-refractivity contribution in [3.8, 4) is 16.3 Å². The Hall–Kier alpha value is -2.45. The Balaban J connectivity index is 1.75. The van der Waals surface area contributed by atoms with Crippen LogP contribution >= 0.6 is 11.3 Å². The fraction of sp³-hybridized carbons (Fsp3) is 0.389. The summed E-state index contributed by atoms with van der Waals surface area (Å²) in [5.74, 6) is -0.374. The molecule has 1 saturated heterocycles. The number of rotatable bonds is 6. The molecular weight excluding hydrogens is 356 g/mol. The Morgan fingerprint density at radius 1 is 1.31 bits per heavy atom. The van der Waals surface area contributed by atoms with E-state index in [0.29, 0.717) is 17.8 Å². The predicted octanol–water partition coefficient (Wildman–Crippen LogP) is 2.38. The second-order valence-electron chi connectivity index (χ2n) is 6.25. The van der Waals surface area contributed by atoms with E-state index in [1.54, 1.807) is 18.2 Å². The van der Waals surface area contributed by atoms with E-state index in [0.717, 1.165) is 16.3 Å².